The van der Waals surface area contributed by atoms with Gasteiger partial charge in [-0.15, -0.1) is 45.3 Å². The maximum absolute atomic E-state index is 13.7. The Labute approximate surface area is 371 Å². The highest BCUT2D eigenvalue weighted by Crippen LogP contribution is 2.69. The van der Waals surface area contributed by atoms with Crippen molar-refractivity contribution in [1.82, 2.24) is 0 Å². The molecule has 2 saturated carbocycles. The summed E-state index contributed by atoms with van der Waals surface area (Å²) in [5, 5.41) is 28.7. The summed E-state index contributed by atoms with van der Waals surface area (Å²) in [6.45, 7) is 7.48. The number of hydrogen-bond donors (Lipinski definition) is 0. The average Bonchev–Trinajstić information content (AvgIpc) is 4.18. The second kappa shape index (κ2) is 13.1. The second-order valence-corrected chi connectivity index (χ2v) is 21.3. The molecule has 8 nitrogen and oxygen atoms in total. The van der Waals surface area contributed by atoms with Crippen molar-refractivity contribution in [1.29, 1.82) is 15.8 Å². The number of carbonyl (C=O) groups is 4. The number of thiophene rings is 4. The molecule has 0 amide bonds. The van der Waals surface area contributed by atoms with E-state index in [1.54, 1.807) is 34.8 Å². The molecule has 0 atom stereocenters. The minimum atomic E-state index is -0.416. The number of benzene rings is 2. The summed E-state index contributed by atoms with van der Waals surface area (Å²) in [7, 11) is 0. The number of carbonyl (C=O) groups excluding carboxylic acids is 4. The number of allylic oxidation sites excluding steroid dienone is 2. The van der Waals surface area contributed by atoms with Crippen molar-refractivity contribution in [2.75, 3.05) is 0 Å². The predicted molar refractivity (Wildman–Crippen MR) is 241 cm³/mol. The van der Waals surface area contributed by atoms with Gasteiger partial charge in [-0.1, -0.05) is 38.5 Å². The number of hydrogen-bond acceptors (Lipinski definition) is 11. The fraction of sp³-hybridized carbons (Fsp3) is 0.240. The number of nitrogens with zero attached hydrogens (tertiary/aromatic N) is 4. The van der Waals surface area contributed by atoms with Crippen molar-refractivity contribution in [3.63, 3.8) is 0 Å². The van der Waals surface area contributed by atoms with Crippen LogP contribution in [0.2, 0.25) is 0 Å². The Morgan fingerprint density at radius 1 is 0.516 bits per heavy atom. The Kier molecular flexibility index (Phi) is 7.88. The zero-order valence-electron chi connectivity index (χ0n) is 32.7. The maximum Gasteiger partial charge on any atom is 0.205 e. The molecule has 12 rings (SSSR count). The highest BCUT2D eigenvalue weighted by molar-refractivity contribution is 7.34. The van der Waals surface area contributed by atoms with E-state index in [4.69, 9.17) is 6.57 Å². The van der Waals surface area contributed by atoms with Crippen LogP contribution in [0.15, 0.2) is 47.5 Å². The summed E-state index contributed by atoms with van der Waals surface area (Å²) in [6, 6.07) is 15.9. The lowest BCUT2D eigenvalue weighted by atomic mass is 9.67. The molecular weight excluding hydrogens is 849 g/mol. The van der Waals surface area contributed by atoms with Gasteiger partial charge in [-0.3, -0.25) is 19.2 Å². The molecule has 2 spiro atoms. The summed E-state index contributed by atoms with van der Waals surface area (Å²) in [6.07, 6.45) is 14.3. The molecule has 2 fully saturated rings. The molecule has 0 saturated heterocycles. The molecule has 4 aromatic heterocycles. The van der Waals surface area contributed by atoms with Crippen LogP contribution in [-0.2, 0) is 10.8 Å². The van der Waals surface area contributed by atoms with Crippen LogP contribution in [0.4, 0.5) is 5.69 Å². The van der Waals surface area contributed by atoms with E-state index in [9.17, 15) is 35.0 Å². The molecule has 12 heteroatoms. The van der Waals surface area contributed by atoms with Gasteiger partial charge in [-0.25, -0.2) is 4.85 Å². The lowest BCUT2D eigenvalue weighted by molar-refractivity contribution is 0.0975. The van der Waals surface area contributed by atoms with Crippen molar-refractivity contribution in [2.45, 2.75) is 75.0 Å². The molecular formula is C50H28N4O4S4. The molecule has 0 radical (unpaired) electrons. The first-order valence-electron chi connectivity index (χ1n) is 20.6. The third kappa shape index (κ3) is 4.71. The first kappa shape index (κ1) is 37.4. The maximum atomic E-state index is 13.7. The second-order valence-electron chi connectivity index (χ2n) is 17.1. The molecule has 0 bridgehead atoms. The molecule has 6 aliphatic carbocycles. The largest absolute Gasteiger partial charge is 0.288 e. The monoisotopic (exact) mass is 876 g/mol. The van der Waals surface area contributed by atoms with E-state index in [1.807, 2.05) is 40.9 Å². The van der Waals surface area contributed by atoms with Crippen molar-refractivity contribution in [2.24, 2.45) is 0 Å². The van der Waals surface area contributed by atoms with E-state index in [1.165, 1.54) is 88.3 Å². The average molecular weight is 877 g/mol. The van der Waals surface area contributed by atoms with Gasteiger partial charge in [0.25, 0.3) is 0 Å². The van der Waals surface area contributed by atoms with Gasteiger partial charge in [0.1, 0.15) is 12.1 Å². The van der Waals surface area contributed by atoms with Crippen LogP contribution in [0.1, 0.15) is 154 Å². The highest BCUT2D eigenvalue weighted by Gasteiger charge is 2.53. The molecule has 296 valence electrons. The Bertz CT molecular complexity index is 3110. The van der Waals surface area contributed by atoms with Crippen LogP contribution in [0.3, 0.4) is 0 Å². The topological polar surface area (TPSA) is 144 Å². The van der Waals surface area contributed by atoms with Gasteiger partial charge in [0, 0.05) is 63.7 Å². The van der Waals surface area contributed by atoms with Crippen LogP contribution >= 0.6 is 45.3 Å². The van der Waals surface area contributed by atoms with Gasteiger partial charge in [0.2, 0.25) is 5.69 Å². The minimum absolute atomic E-state index is 0.0655. The van der Waals surface area contributed by atoms with Crippen molar-refractivity contribution < 1.29 is 19.2 Å². The molecule has 0 unspecified atom stereocenters. The highest BCUT2D eigenvalue weighted by atomic mass is 32.1. The number of rotatable bonds is 2. The molecule has 0 aliphatic heterocycles. The Morgan fingerprint density at radius 3 is 1.29 bits per heavy atom. The van der Waals surface area contributed by atoms with Gasteiger partial charge >= 0.3 is 0 Å². The van der Waals surface area contributed by atoms with Crippen molar-refractivity contribution >= 4 is 95.7 Å². The Balaban J connectivity index is 0.974. The third-order valence-electron chi connectivity index (χ3n) is 14.1. The summed E-state index contributed by atoms with van der Waals surface area (Å²) in [5.74, 6) is -1.65. The fourth-order valence-electron chi connectivity index (χ4n) is 11.4. The summed E-state index contributed by atoms with van der Waals surface area (Å²) < 4.78 is 2.73. The van der Waals surface area contributed by atoms with Gasteiger partial charge < -0.3 is 0 Å². The van der Waals surface area contributed by atoms with Crippen LogP contribution in [0.25, 0.3) is 45.9 Å². The predicted octanol–water partition coefficient (Wildman–Crippen LogP) is 12.6. The van der Waals surface area contributed by atoms with Gasteiger partial charge in [-0.2, -0.15) is 15.8 Å². The fourth-order valence-corrected chi connectivity index (χ4v) is 17.4. The first-order chi connectivity index (χ1) is 30.1. The summed E-state index contributed by atoms with van der Waals surface area (Å²) in [4.78, 5) is 64.8. The number of fused-ring (bicyclic) bond motifs is 15. The smallest absolute Gasteiger partial charge is 0.205 e. The number of Topliss-reactive ketones (excluding diaryl/α,β-unsaturated/α-hetero) is 4. The molecule has 62 heavy (non-hydrogen) atoms. The number of ketones is 4. The van der Waals surface area contributed by atoms with Gasteiger partial charge in [-0.05, 0) is 85.4 Å². The molecule has 2 aromatic carbocycles. The third-order valence-corrected chi connectivity index (χ3v) is 19.2. The van der Waals surface area contributed by atoms with Crippen LogP contribution in [-0.4, -0.2) is 23.1 Å². The molecule has 0 N–H and O–H groups in total. The van der Waals surface area contributed by atoms with Gasteiger partial charge in [0.05, 0.1) is 59.6 Å². The Hall–Kier alpha value is -6.38. The van der Waals surface area contributed by atoms with Crippen LogP contribution in [0, 0.1) is 40.6 Å². The number of nitriles is 3. The summed E-state index contributed by atoms with van der Waals surface area (Å²) >= 11 is 7.09. The SMILES string of the molecule is [C-]#[N+]c1cc2c(cc1C#N)C(=O)/C(=C\c1cc3c(s1)-c1sc4c5c(sc4c1C31CCCCC1)-c1sc(C=C3C(=O)c4cc(C#N)c(C#N)cc4C3=O)cc1C51CCCCC1)C2=O. The van der Waals surface area contributed by atoms with Crippen LogP contribution < -0.4 is 0 Å². The van der Waals surface area contributed by atoms with Crippen molar-refractivity contribution in [3.05, 3.63) is 130 Å². The van der Waals surface area contributed by atoms with Crippen molar-refractivity contribution in [3.8, 4) is 37.7 Å². The lowest BCUT2D eigenvalue weighted by Gasteiger charge is -2.35. The van der Waals surface area contributed by atoms with E-state index < -0.39 is 23.1 Å². The van der Waals surface area contributed by atoms with Gasteiger partial charge in [0.15, 0.2) is 23.1 Å². The zero-order valence-corrected chi connectivity index (χ0v) is 36.0. The lowest BCUT2D eigenvalue weighted by Crippen LogP contribution is -2.28. The van der Waals surface area contributed by atoms with E-state index in [-0.39, 0.29) is 66.6 Å². The molecule has 4 heterocycles. The standard InChI is InChI=1S/C50H28N4O4S4/c1-54-36-19-31-30(14-25(36)22-53)41(57)33(42(31)58)16-27-18-35-44(60-27)46-38(50(35)10-6-3-7-11-50)48-47(62-46)37-45(61-48)43-34(49(37)8-4-2-5-9-49)17-26(59-43)15-32-39(55)28-12-23(20-51)24(21-52)13-29(28)40(32)56/h12-19H,2-11H2/b33-16+. The summed E-state index contributed by atoms with van der Waals surface area (Å²) in [5.41, 5.74) is 6.27. The van der Waals surface area contributed by atoms with E-state index in [0.29, 0.717) is 0 Å². The normalized spacial score (nSPS) is 19.0. The minimum Gasteiger partial charge on any atom is -0.288 e. The van der Waals surface area contributed by atoms with E-state index >= 15 is 0 Å². The van der Waals surface area contributed by atoms with E-state index in [2.05, 4.69) is 17.0 Å². The Morgan fingerprint density at radius 2 is 0.903 bits per heavy atom. The zero-order chi connectivity index (χ0) is 42.4. The molecule has 6 aliphatic rings. The molecule has 6 aromatic rings. The quantitative estimate of drug-likeness (QED) is 0.0956. The van der Waals surface area contributed by atoms with Crippen LogP contribution in [0.5, 0.6) is 0 Å². The van der Waals surface area contributed by atoms with E-state index in [0.717, 1.165) is 61.1 Å². The first-order valence-corrected chi connectivity index (χ1v) is 23.9.